The molecular formula is C30H29F4N3O3. The maximum atomic E-state index is 13.1. The zero-order valence-corrected chi connectivity index (χ0v) is 22.3. The number of rotatable bonds is 11. The monoisotopic (exact) mass is 555 g/mol. The van der Waals surface area contributed by atoms with Gasteiger partial charge in [-0.1, -0.05) is 30.3 Å². The van der Waals surface area contributed by atoms with Crippen LogP contribution in [0.15, 0.2) is 71.8 Å². The Bertz CT molecular complexity index is 1520. The molecular weight excluding hydrogens is 526 g/mol. The van der Waals surface area contributed by atoms with E-state index in [2.05, 4.69) is 34.2 Å². The van der Waals surface area contributed by atoms with E-state index in [4.69, 9.17) is 9.47 Å². The predicted octanol–water partition coefficient (Wildman–Crippen LogP) is 6.50. The first-order valence-electron chi connectivity index (χ1n) is 12.5. The van der Waals surface area contributed by atoms with Crippen molar-refractivity contribution < 1.29 is 31.8 Å². The number of alkyl halides is 4. The van der Waals surface area contributed by atoms with Crippen molar-refractivity contribution in [1.82, 2.24) is 9.99 Å². The summed E-state index contributed by atoms with van der Waals surface area (Å²) < 4.78 is 63.2. The van der Waals surface area contributed by atoms with Crippen LogP contribution in [0.25, 0.3) is 10.9 Å². The number of hydrogen-bond acceptors (Lipinski definition) is 4. The van der Waals surface area contributed by atoms with Gasteiger partial charge in [0.2, 0.25) is 0 Å². The zero-order chi connectivity index (χ0) is 28.9. The minimum Gasteiger partial charge on any atom is -0.496 e. The van der Waals surface area contributed by atoms with Crippen molar-refractivity contribution in [3.63, 3.8) is 0 Å². The van der Waals surface area contributed by atoms with E-state index in [0.717, 1.165) is 28.7 Å². The third-order valence-electron chi connectivity index (χ3n) is 6.64. The molecule has 4 rings (SSSR count). The van der Waals surface area contributed by atoms with Crippen LogP contribution < -0.4 is 10.2 Å². The van der Waals surface area contributed by atoms with E-state index in [9.17, 15) is 22.4 Å². The Balaban J connectivity index is 1.45. The number of aryl methyl sites for hydroxylation is 1. The van der Waals surface area contributed by atoms with Gasteiger partial charge < -0.3 is 14.0 Å². The highest BCUT2D eigenvalue weighted by molar-refractivity contribution is 5.99. The van der Waals surface area contributed by atoms with Crippen molar-refractivity contribution in [1.29, 1.82) is 0 Å². The summed E-state index contributed by atoms with van der Waals surface area (Å²) in [6, 6.07) is 20.4. The number of carbonyl (C=O) groups excluding carboxylic acids is 1. The summed E-state index contributed by atoms with van der Waals surface area (Å²) in [4.78, 5) is 12.8. The lowest BCUT2D eigenvalue weighted by Gasteiger charge is -2.16. The fourth-order valence-corrected chi connectivity index (χ4v) is 4.34. The number of hydrazone groups is 1. The summed E-state index contributed by atoms with van der Waals surface area (Å²) in [5.41, 5.74) is 8.22. The second-order valence-corrected chi connectivity index (χ2v) is 9.34. The van der Waals surface area contributed by atoms with Crippen molar-refractivity contribution in [2.24, 2.45) is 5.10 Å². The molecule has 40 heavy (non-hydrogen) atoms. The highest BCUT2D eigenvalue weighted by Crippen LogP contribution is 2.28. The van der Waals surface area contributed by atoms with Gasteiger partial charge in [0.1, 0.15) is 12.4 Å². The van der Waals surface area contributed by atoms with Crippen LogP contribution in [0.2, 0.25) is 0 Å². The minimum absolute atomic E-state index is 0.333. The molecule has 1 amide bonds. The first kappa shape index (κ1) is 28.8. The highest BCUT2D eigenvalue weighted by Gasteiger charge is 2.41. The van der Waals surface area contributed by atoms with Crippen molar-refractivity contribution in [2.45, 2.75) is 39.3 Å². The van der Waals surface area contributed by atoms with E-state index in [1.54, 1.807) is 24.3 Å². The molecule has 0 fully saturated rings. The number of ether oxygens (including phenoxy) is 2. The molecule has 6 nitrogen and oxygen atoms in total. The van der Waals surface area contributed by atoms with Gasteiger partial charge in [-0.15, -0.1) is 0 Å². The molecule has 0 radical (unpaired) electrons. The largest absolute Gasteiger partial charge is 0.496 e. The van der Waals surface area contributed by atoms with E-state index in [1.165, 1.54) is 18.9 Å². The average Bonchev–Trinajstić information content (AvgIpc) is 3.17. The smallest absolute Gasteiger partial charge is 0.330 e. The maximum absolute atomic E-state index is 13.1. The Labute approximate surface area is 229 Å². The lowest BCUT2D eigenvalue weighted by atomic mass is 10.1. The maximum Gasteiger partial charge on any atom is 0.330 e. The molecule has 0 aliphatic carbocycles. The first-order chi connectivity index (χ1) is 19.1. The molecule has 0 aliphatic rings. The minimum atomic E-state index is -4.25. The molecule has 3 aromatic carbocycles. The quantitative estimate of drug-likeness (QED) is 0.131. The number of hydrogen-bond donors (Lipinski definition) is 1. The van der Waals surface area contributed by atoms with Gasteiger partial charge in [0.05, 0.1) is 19.9 Å². The molecule has 0 atom stereocenters. The summed E-state index contributed by atoms with van der Waals surface area (Å²) in [5, 5.41) is 4.98. The van der Waals surface area contributed by atoms with E-state index < -0.39 is 24.9 Å². The molecule has 0 aliphatic heterocycles. The number of carbonyl (C=O) groups is 1. The number of nitrogens with one attached hydrogen (secondary N) is 1. The summed E-state index contributed by atoms with van der Waals surface area (Å²) in [6.45, 7) is 3.00. The Morgan fingerprint density at radius 1 is 1.07 bits per heavy atom. The Morgan fingerprint density at radius 2 is 1.82 bits per heavy atom. The third-order valence-corrected chi connectivity index (χ3v) is 6.64. The number of nitrogens with zero attached hydrogens (tertiary/aromatic N) is 2. The molecule has 210 valence electrons. The zero-order valence-electron chi connectivity index (χ0n) is 22.3. The van der Waals surface area contributed by atoms with E-state index in [0.29, 0.717) is 22.4 Å². The number of fused-ring (bicyclic) bond motifs is 1. The molecule has 10 heteroatoms. The molecule has 1 aromatic heterocycles. The van der Waals surface area contributed by atoms with Crippen LogP contribution in [-0.4, -0.2) is 42.8 Å². The van der Waals surface area contributed by atoms with Gasteiger partial charge in [0, 0.05) is 34.3 Å². The summed E-state index contributed by atoms with van der Waals surface area (Å²) in [6.07, 6.45) is -2.45. The summed E-state index contributed by atoms with van der Waals surface area (Å²) >= 11 is 0. The number of aromatic nitrogens is 1. The Hall–Kier alpha value is -4.18. The van der Waals surface area contributed by atoms with Gasteiger partial charge in [0.15, 0.2) is 0 Å². The fourth-order valence-electron chi connectivity index (χ4n) is 4.34. The second kappa shape index (κ2) is 12.3. The molecule has 0 unspecified atom stereocenters. The van der Waals surface area contributed by atoms with Crippen molar-refractivity contribution >= 4 is 23.0 Å². The van der Waals surface area contributed by atoms with Crippen molar-refractivity contribution in [3.8, 4) is 5.75 Å². The lowest BCUT2D eigenvalue weighted by molar-refractivity contribution is -0.168. The normalized spacial score (nSPS) is 12.0. The van der Waals surface area contributed by atoms with Crippen LogP contribution in [0.1, 0.15) is 38.3 Å². The average molecular weight is 556 g/mol. The van der Waals surface area contributed by atoms with Crippen molar-refractivity contribution in [2.75, 3.05) is 13.7 Å². The topological polar surface area (TPSA) is 64.8 Å². The van der Waals surface area contributed by atoms with Crippen LogP contribution in [0.4, 0.5) is 17.6 Å². The van der Waals surface area contributed by atoms with Gasteiger partial charge in [-0.05, 0) is 66.9 Å². The molecule has 0 saturated heterocycles. The van der Waals surface area contributed by atoms with E-state index >= 15 is 0 Å². The molecule has 0 spiro atoms. The number of benzene rings is 3. The predicted molar refractivity (Wildman–Crippen MR) is 146 cm³/mol. The number of halogens is 4. The van der Waals surface area contributed by atoms with Gasteiger partial charge in [-0.25, -0.2) is 14.2 Å². The number of amides is 1. The third kappa shape index (κ3) is 6.51. The van der Waals surface area contributed by atoms with Gasteiger partial charge in [-0.2, -0.15) is 13.9 Å². The highest BCUT2D eigenvalue weighted by atomic mass is 19.3. The van der Waals surface area contributed by atoms with Crippen LogP contribution in [0, 0.1) is 13.8 Å². The Morgan fingerprint density at radius 3 is 2.52 bits per heavy atom. The molecule has 1 heterocycles. The SMILES string of the molecule is COc1ccc(/C=N\NC(=O)c2ccc3c(c2)c(C)c(C)n3Cc2ccccc2)cc1COCC(F)(F)C(F)F. The standard InChI is InChI=1S/C30H29F4N3O3/c1-19-20(2)37(16-21-7-5-4-6-8-21)26-11-10-23(14-25(19)26)28(38)36-35-15-22-9-12-27(39-3)24(13-22)17-40-18-30(33,34)29(31)32/h4-15,29H,16-18H2,1-3H3,(H,36,38)/b35-15-. The van der Waals surface area contributed by atoms with Crippen LogP contribution in [0.5, 0.6) is 5.75 Å². The van der Waals surface area contributed by atoms with Crippen molar-refractivity contribution in [3.05, 3.63) is 100 Å². The van der Waals surface area contributed by atoms with Gasteiger partial charge in [-0.3, -0.25) is 4.79 Å². The van der Waals surface area contributed by atoms with Crippen LogP contribution in [-0.2, 0) is 17.9 Å². The van der Waals surface area contributed by atoms with Gasteiger partial charge >= 0.3 is 12.3 Å². The summed E-state index contributed by atoms with van der Waals surface area (Å²) in [7, 11) is 1.39. The lowest BCUT2D eigenvalue weighted by Crippen LogP contribution is -2.32. The Kier molecular flexibility index (Phi) is 8.89. The van der Waals surface area contributed by atoms with Crippen LogP contribution >= 0.6 is 0 Å². The second-order valence-electron chi connectivity index (χ2n) is 9.34. The molecule has 0 bridgehead atoms. The van der Waals surface area contributed by atoms with Gasteiger partial charge in [0.25, 0.3) is 5.91 Å². The van der Waals surface area contributed by atoms with Crippen LogP contribution in [0.3, 0.4) is 0 Å². The summed E-state index contributed by atoms with van der Waals surface area (Å²) in [5.74, 6) is -4.32. The number of methoxy groups -OCH3 is 1. The van der Waals surface area contributed by atoms with E-state index in [-0.39, 0.29) is 6.61 Å². The first-order valence-corrected chi connectivity index (χ1v) is 12.5. The van der Waals surface area contributed by atoms with E-state index in [1.807, 2.05) is 37.3 Å². The fraction of sp³-hybridized carbons (Fsp3) is 0.267. The molecule has 4 aromatic rings. The molecule has 1 N–H and O–H groups in total. The molecule has 0 saturated carbocycles.